The van der Waals surface area contributed by atoms with Crippen molar-refractivity contribution < 1.29 is 4.74 Å². The van der Waals surface area contributed by atoms with Crippen molar-refractivity contribution in [3.05, 3.63) is 29.8 Å². The normalized spacial score (nSPS) is 17.6. The number of nitrogens with zero attached hydrogens (tertiary/aromatic N) is 1. The van der Waals surface area contributed by atoms with E-state index in [4.69, 9.17) is 4.74 Å². The molecular weight excluding hydrogens is 224 g/mol. The second-order valence-electron chi connectivity index (χ2n) is 5.39. The van der Waals surface area contributed by atoms with Crippen molar-refractivity contribution in [2.24, 2.45) is 0 Å². The fourth-order valence-corrected chi connectivity index (χ4v) is 2.65. The molecule has 0 aliphatic heterocycles. The minimum absolute atomic E-state index is 0.377. The highest BCUT2D eigenvalue weighted by atomic mass is 16.5. The molecule has 1 aliphatic carbocycles. The van der Waals surface area contributed by atoms with E-state index in [9.17, 15) is 0 Å². The Morgan fingerprint density at radius 3 is 2.56 bits per heavy atom. The van der Waals surface area contributed by atoms with Crippen LogP contribution in [0.4, 0.5) is 0 Å². The van der Waals surface area contributed by atoms with Gasteiger partial charge < -0.3 is 15.0 Å². The molecule has 3 nitrogen and oxygen atoms in total. The van der Waals surface area contributed by atoms with Gasteiger partial charge in [0.15, 0.2) is 0 Å². The first-order valence-corrected chi connectivity index (χ1v) is 6.68. The quantitative estimate of drug-likeness (QED) is 0.836. The van der Waals surface area contributed by atoms with Crippen LogP contribution in [0.1, 0.15) is 24.8 Å². The summed E-state index contributed by atoms with van der Waals surface area (Å²) < 4.78 is 5.37. The standard InChI is InChI=1S/C15H24N2O/c1-17(2)15(9-6-10-15)12-16-11-13-7-4-5-8-14(13)18-3/h4-5,7-8,16H,6,9-12H2,1-3H3. The molecule has 0 bridgehead atoms. The molecule has 0 radical (unpaired) electrons. The van der Waals surface area contributed by atoms with Crippen molar-refractivity contribution >= 4 is 0 Å². The Hall–Kier alpha value is -1.06. The topological polar surface area (TPSA) is 24.5 Å². The summed E-state index contributed by atoms with van der Waals surface area (Å²) in [7, 11) is 6.10. The predicted octanol–water partition coefficient (Wildman–Crippen LogP) is 2.27. The van der Waals surface area contributed by atoms with E-state index in [1.54, 1.807) is 7.11 Å². The Morgan fingerprint density at radius 2 is 2.00 bits per heavy atom. The van der Waals surface area contributed by atoms with Gasteiger partial charge >= 0.3 is 0 Å². The average Bonchev–Trinajstić information content (AvgIpc) is 2.32. The lowest BCUT2D eigenvalue weighted by Crippen LogP contribution is -2.56. The summed E-state index contributed by atoms with van der Waals surface area (Å²) >= 11 is 0. The molecular formula is C15H24N2O. The van der Waals surface area contributed by atoms with Crippen molar-refractivity contribution in [3.8, 4) is 5.75 Å². The summed E-state index contributed by atoms with van der Waals surface area (Å²) in [5.41, 5.74) is 1.61. The third kappa shape index (κ3) is 2.68. The average molecular weight is 248 g/mol. The number of benzene rings is 1. The molecule has 1 aromatic rings. The van der Waals surface area contributed by atoms with E-state index in [2.05, 4.69) is 36.4 Å². The van der Waals surface area contributed by atoms with Gasteiger partial charge in [-0.1, -0.05) is 18.2 Å². The summed E-state index contributed by atoms with van der Waals surface area (Å²) in [6.07, 6.45) is 3.96. The first-order valence-electron chi connectivity index (χ1n) is 6.68. The molecule has 0 amide bonds. The second-order valence-corrected chi connectivity index (χ2v) is 5.39. The predicted molar refractivity (Wildman–Crippen MR) is 75.0 cm³/mol. The maximum Gasteiger partial charge on any atom is 0.123 e. The van der Waals surface area contributed by atoms with Crippen molar-refractivity contribution in [1.29, 1.82) is 0 Å². The fourth-order valence-electron chi connectivity index (χ4n) is 2.65. The Kier molecular flexibility index (Phi) is 4.25. The van der Waals surface area contributed by atoms with E-state index in [0.717, 1.165) is 18.8 Å². The molecule has 0 spiro atoms. The summed E-state index contributed by atoms with van der Waals surface area (Å²) in [6, 6.07) is 8.21. The number of para-hydroxylation sites is 1. The van der Waals surface area contributed by atoms with Gasteiger partial charge in [0.25, 0.3) is 0 Å². The molecule has 1 saturated carbocycles. The van der Waals surface area contributed by atoms with Crippen molar-refractivity contribution in [3.63, 3.8) is 0 Å². The molecule has 0 heterocycles. The molecule has 0 unspecified atom stereocenters. The minimum Gasteiger partial charge on any atom is -0.496 e. The third-order valence-electron chi connectivity index (χ3n) is 4.19. The van der Waals surface area contributed by atoms with Crippen LogP contribution in [0.2, 0.25) is 0 Å². The molecule has 1 N–H and O–H groups in total. The van der Waals surface area contributed by atoms with Crippen LogP contribution in [0.3, 0.4) is 0 Å². The van der Waals surface area contributed by atoms with Gasteiger partial charge in [-0.3, -0.25) is 0 Å². The molecule has 1 aliphatic rings. The summed E-state index contributed by atoms with van der Waals surface area (Å²) in [5.74, 6) is 0.970. The van der Waals surface area contributed by atoms with Crippen LogP contribution >= 0.6 is 0 Å². The van der Waals surface area contributed by atoms with Crippen LogP contribution in [0.15, 0.2) is 24.3 Å². The zero-order valence-electron chi connectivity index (χ0n) is 11.7. The highest BCUT2D eigenvalue weighted by Crippen LogP contribution is 2.35. The van der Waals surface area contributed by atoms with Crippen LogP contribution in [-0.4, -0.2) is 38.2 Å². The minimum atomic E-state index is 0.377. The van der Waals surface area contributed by atoms with E-state index in [1.807, 2.05) is 12.1 Å². The van der Waals surface area contributed by atoms with E-state index in [-0.39, 0.29) is 0 Å². The lowest BCUT2D eigenvalue weighted by Gasteiger charge is -2.47. The van der Waals surface area contributed by atoms with Crippen LogP contribution in [0.25, 0.3) is 0 Å². The van der Waals surface area contributed by atoms with Crippen LogP contribution in [0.5, 0.6) is 5.75 Å². The molecule has 3 heteroatoms. The van der Waals surface area contributed by atoms with Crippen molar-refractivity contribution in [2.45, 2.75) is 31.3 Å². The molecule has 0 atom stereocenters. The van der Waals surface area contributed by atoms with Gasteiger partial charge in [-0.05, 0) is 39.4 Å². The van der Waals surface area contributed by atoms with E-state index < -0.39 is 0 Å². The van der Waals surface area contributed by atoms with Gasteiger partial charge in [0, 0.05) is 24.2 Å². The van der Waals surface area contributed by atoms with Gasteiger partial charge in [-0.2, -0.15) is 0 Å². The van der Waals surface area contributed by atoms with Gasteiger partial charge in [-0.15, -0.1) is 0 Å². The Morgan fingerprint density at radius 1 is 1.28 bits per heavy atom. The Balaban J connectivity index is 1.88. The van der Waals surface area contributed by atoms with Crippen molar-refractivity contribution in [2.75, 3.05) is 27.7 Å². The van der Waals surface area contributed by atoms with Gasteiger partial charge in [0.05, 0.1) is 7.11 Å². The van der Waals surface area contributed by atoms with E-state index in [0.29, 0.717) is 5.54 Å². The summed E-state index contributed by atoms with van der Waals surface area (Å²) in [5, 5.41) is 3.58. The Labute approximate surface area is 110 Å². The smallest absolute Gasteiger partial charge is 0.123 e. The number of ether oxygens (including phenoxy) is 1. The monoisotopic (exact) mass is 248 g/mol. The molecule has 100 valence electrons. The number of hydrogen-bond acceptors (Lipinski definition) is 3. The third-order valence-corrected chi connectivity index (χ3v) is 4.19. The first-order chi connectivity index (χ1) is 8.68. The van der Waals surface area contributed by atoms with Crippen LogP contribution in [-0.2, 0) is 6.54 Å². The Bertz CT molecular complexity index is 386. The lowest BCUT2D eigenvalue weighted by molar-refractivity contribution is 0.0598. The highest BCUT2D eigenvalue weighted by Gasteiger charge is 2.38. The van der Waals surface area contributed by atoms with Gasteiger partial charge in [0.2, 0.25) is 0 Å². The molecule has 0 aromatic heterocycles. The van der Waals surface area contributed by atoms with Crippen LogP contribution < -0.4 is 10.1 Å². The number of rotatable bonds is 6. The SMILES string of the molecule is COc1ccccc1CNCC1(N(C)C)CCC1. The molecule has 18 heavy (non-hydrogen) atoms. The maximum atomic E-state index is 5.37. The largest absolute Gasteiger partial charge is 0.496 e. The van der Waals surface area contributed by atoms with Gasteiger partial charge in [-0.25, -0.2) is 0 Å². The zero-order valence-corrected chi connectivity index (χ0v) is 11.7. The highest BCUT2D eigenvalue weighted by molar-refractivity contribution is 5.33. The number of hydrogen-bond donors (Lipinski definition) is 1. The second kappa shape index (κ2) is 5.72. The van der Waals surface area contributed by atoms with E-state index >= 15 is 0 Å². The fraction of sp³-hybridized carbons (Fsp3) is 0.600. The molecule has 0 saturated heterocycles. The summed E-state index contributed by atoms with van der Waals surface area (Å²) in [6.45, 7) is 1.93. The van der Waals surface area contributed by atoms with Crippen LogP contribution in [0, 0.1) is 0 Å². The van der Waals surface area contributed by atoms with E-state index in [1.165, 1.54) is 24.8 Å². The maximum absolute atomic E-state index is 5.37. The first kappa shape index (κ1) is 13.4. The molecule has 1 aromatic carbocycles. The number of likely N-dealkylation sites (N-methyl/N-ethyl adjacent to an activating group) is 1. The van der Waals surface area contributed by atoms with Crippen molar-refractivity contribution in [1.82, 2.24) is 10.2 Å². The van der Waals surface area contributed by atoms with Gasteiger partial charge in [0.1, 0.15) is 5.75 Å². The number of methoxy groups -OCH3 is 1. The zero-order chi connectivity index (χ0) is 13.0. The molecule has 2 rings (SSSR count). The summed E-state index contributed by atoms with van der Waals surface area (Å²) in [4.78, 5) is 2.37. The molecule has 1 fully saturated rings. The lowest BCUT2D eigenvalue weighted by atomic mass is 9.75. The number of nitrogens with one attached hydrogen (secondary N) is 1.